The standard InChI is InChI=1S/C16H27N3OS/c1-11(2)10-14-16(21-12(3)18-14)19-15(20)5-4-13-6-8-17-9-7-13/h11,13,17H,4-10H2,1-3H3,(H,19,20). The number of nitrogens with one attached hydrogen (secondary N) is 2. The average Bonchev–Trinajstić information content (AvgIpc) is 2.76. The molecule has 2 N–H and O–H groups in total. The summed E-state index contributed by atoms with van der Waals surface area (Å²) in [6.07, 6.45) is 4.96. The van der Waals surface area contributed by atoms with Crippen LogP contribution in [0.3, 0.4) is 0 Å². The van der Waals surface area contributed by atoms with Gasteiger partial charge < -0.3 is 10.6 Å². The van der Waals surface area contributed by atoms with Crippen LogP contribution in [0.25, 0.3) is 0 Å². The lowest BCUT2D eigenvalue weighted by molar-refractivity contribution is -0.116. The van der Waals surface area contributed by atoms with Gasteiger partial charge in [0.05, 0.1) is 10.7 Å². The van der Waals surface area contributed by atoms with E-state index in [1.807, 2.05) is 6.92 Å². The summed E-state index contributed by atoms with van der Waals surface area (Å²) in [5.74, 6) is 1.40. The molecule has 1 amide bonds. The molecule has 118 valence electrons. The molecule has 0 spiro atoms. The number of aromatic nitrogens is 1. The predicted octanol–water partition coefficient (Wildman–Crippen LogP) is 3.37. The Morgan fingerprint density at radius 2 is 2.14 bits per heavy atom. The van der Waals surface area contributed by atoms with E-state index in [-0.39, 0.29) is 5.91 Å². The highest BCUT2D eigenvalue weighted by Crippen LogP contribution is 2.27. The van der Waals surface area contributed by atoms with Crippen LogP contribution < -0.4 is 10.6 Å². The van der Waals surface area contributed by atoms with E-state index in [0.29, 0.717) is 18.3 Å². The summed E-state index contributed by atoms with van der Waals surface area (Å²) in [7, 11) is 0. The van der Waals surface area contributed by atoms with Gasteiger partial charge in [-0.25, -0.2) is 4.98 Å². The van der Waals surface area contributed by atoms with Gasteiger partial charge in [-0.2, -0.15) is 0 Å². The lowest BCUT2D eigenvalue weighted by Crippen LogP contribution is -2.28. The summed E-state index contributed by atoms with van der Waals surface area (Å²) >= 11 is 1.59. The number of aryl methyl sites for hydroxylation is 1. The van der Waals surface area contributed by atoms with Gasteiger partial charge in [-0.3, -0.25) is 4.79 Å². The Morgan fingerprint density at radius 1 is 1.43 bits per heavy atom. The fourth-order valence-corrected chi connectivity index (χ4v) is 3.65. The van der Waals surface area contributed by atoms with Gasteiger partial charge in [0.25, 0.3) is 0 Å². The van der Waals surface area contributed by atoms with Crippen molar-refractivity contribution in [1.29, 1.82) is 0 Å². The van der Waals surface area contributed by atoms with Gasteiger partial charge >= 0.3 is 0 Å². The van der Waals surface area contributed by atoms with Gasteiger partial charge in [0.2, 0.25) is 5.91 Å². The molecule has 2 rings (SSSR count). The quantitative estimate of drug-likeness (QED) is 0.847. The lowest BCUT2D eigenvalue weighted by Gasteiger charge is -2.22. The van der Waals surface area contributed by atoms with Crippen molar-refractivity contribution >= 4 is 22.2 Å². The molecule has 0 saturated carbocycles. The number of carbonyl (C=O) groups is 1. The van der Waals surface area contributed by atoms with E-state index in [4.69, 9.17) is 0 Å². The van der Waals surface area contributed by atoms with Crippen molar-refractivity contribution in [2.75, 3.05) is 18.4 Å². The summed E-state index contributed by atoms with van der Waals surface area (Å²) in [5.41, 5.74) is 1.04. The van der Waals surface area contributed by atoms with Crippen LogP contribution in [0, 0.1) is 18.8 Å². The zero-order valence-electron chi connectivity index (χ0n) is 13.4. The zero-order chi connectivity index (χ0) is 15.2. The third kappa shape index (κ3) is 5.40. The minimum atomic E-state index is 0.141. The van der Waals surface area contributed by atoms with Crippen LogP contribution in [0.1, 0.15) is 50.2 Å². The fourth-order valence-electron chi connectivity index (χ4n) is 2.79. The SMILES string of the molecule is Cc1nc(CC(C)C)c(NC(=O)CCC2CCNCC2)s1. The van der Waals surface area contributed by atoms with Crippen LogP contribution in [-0.4, -0.2) is 24.0 Å². The Morgan fingerprint density at radius 3 is 2.81 bits per heavy atom. The van der Waals surface area contributed by atoms with Crippen LogP contribution >= 0.6 is 11.3 Å². The predicted molar refractivity (Wildman–Crippen MR) is 88.9 cm³/mol. The lowest BCUT2D eigenvalue weighted by atomic mass is 9.93. The van der Waals surface area contributed by atoms with Gasteiger partial charge in [0, 0.05) is 6.42 Å². The molecule has 0 bridgehead atoms. The minimum Gasteiger partial charge on any atom is -0.317 e. The summed E-state index contributed by atoms with van der Waals surface area (Å²) in [5, 5.41) is 8.42. The second-order valence-electron chi connectivity index (χ2n) is 6.39. The van der Waals surface area contributed by atoms with Crippen LogP contribution in [0.4, 0.5) is 5.00 Å². The number of piperidine rings is 1. The summed E-state index contributed by atoms with van der Waals surface area (Å²) < 4.78 is 0. The number of nitrogens with zero attached hydrogens (tertiary/aromatic N) is 1. The van der Waals surface area contributed by atoms with Crippen LogP contribution in [0.5, 0.6) is 0 Å². The maximum Gasteiger partial charge on any atom is 0.225 e. The van der Waals surface area contributed by atoms with E-state index in [0.717, 1.165) is 41.6 Å². The number of hydrogen-bond donors (Lipinski definition) is 2. The second kappa shape index (κ2) is 7.90. The Balaban J connectivity index is 1.84. The normalized spacial score (nSPS) is 16.4. The Labute approximate surface area is 131 Å². The number of thiazole rings is 1. The summed E-state index contributed by atoms with van der Waals surface area (Å²) in [6.45, 7) is 8.55. The number of amides is 1. The molecule has 1 aromatic heterocycles. The first-order valence-electron chi connectivity index (χ1n) is 8.01. The first-order valence-corrected chi connectivity index (χ1v) is 8.83. The van der Waals surface area contributed by atoms with E-state index in [1.54, 1.807) is 11.3 Å². The maximum absolute atomic E-state index is 12.2. The van der Waals surface area contributed by atoms with Crippen LogP contribution in [-0.2, 0) is 11.2 Å². The van der Waals surface area contributed by atoms with E-state index < -0.39 is 0 Å². The molecule has 5 heteroatoms. The molecular formula is C16H27N3OS. The zero-order valence-corrected chi connectivity index (χ0v) is 14.2. The monoisotopic (exact) mass is 309 g/mol. The summed E-state index contributed by atoms with van der Waals surface area (Å²) in [4.78, 5) is 16.7. The van der Waals surface area contributed by atoms with Gasteiger partial charge in [-0.15, -0.1) is 11.3 Å². The Bertz CT molecular complexity index is 464. The first-order chi connectivity index (χ1) is 10.0. The maximum atomic E-state index is 12.2. The molecule has 1 aliphatic heterocycles. The largest absolute Gasteiger partial charge is 0.317 e. The fraction of sp³-hybridized carbons (Fsp3) is 0.750. The molecule has 0 atom stereocenters. The molecule has 4 nitrogen and oxygen atoms in total. The molecule has 1 aromatic rings. The molecule has 0 aliphatic carbocycles. The first kappa shape index (κ1) is 16.4. The van der Waals surface area contributed by atoms with E-state index in [9.17, 15) is 4.79 Å². The molecule has 2 heterocycles. The molecule has 1 fully saturated rings. The van der Waals surface area contributed by atoms with Gasteiger partial charge in [0.1, 0.15) is 5.00 Å². The highest BCUT2D eigenvalue weighted by atomic mass is 32.1. The number of hydrogen-bond acceptors (Lipinski definition) is 4. The molecule has 1 saturated heterocycles. The van der Waals surface area contributed by atoms with Crippen molar-refractivity contribution in [2.45, 2.75) is 52.9 Å². The molecule has 21 heavy (non-hydrogen) atoms. The third-order valence-corrected chi connectivity index (χ3v) is 4.83. The Kier molecular flexibility index (Phi) is 6.18. The number of anilines is 1. The van der Waals surface area contributed by atoms with Gasteiger partial charge in [-0.1, -0.05) is 13.8 Å². The van der Waals surface area contributed by atoms with E-state index >= 15 is 0 Å². The van der Waals surface area contributed by atoms with Crippen molar-refractivity contribution in [1.82, 2.24) is 10.3 Å². The topological polar surface area (TPSA) is 54.0 Å². The molecule has 0 unspecified atom stereocenters. The third-order valence-electron chi connectivity index (χ3n) is 3.90. The Hall–Kier alpha value is -0.940. The van der Waals surface area contributed by atoms with E-state index in [2.05, 4.69) is 29.5 Å². The minimum absolute atomic E-state index is 0.141. The van der Waals surface area contributed by atoms with Crippen LogP contribution in [0.2, 0.25) is 0 Å². The highest BCUT2D eigenvalue weighted by Gasteiger charge is 2.16. The van der Waals surface area contributed by atoms with Crippen molar-refractivity contribution in [3.63, 3.8) is 0 Å². The smallest absolute Gasteiger partial charge is 0.225 e. The second-order valence-corrected chi connectivity index (χ2v) is 7.59. The molecule has 0 radical (unpaired) electrons. The molecule has 1 aliphatic rings. The number of rotatable bonds is 6. The van der Waals surface area contributed by atoms with Crippen molar-refractivity contribution in [3.8, 4) is 0 Å². The van der Waals surface area contributed by atoms with Crippen molar-refractivity contribution < 1.29 is 4.79 Å². The van der Waals surface area contributed by atoms with Gasteiger partial charge in [0.15, 0.2) is 0 Å². The molecule has 0 aromatic carbocycles. The van der Waals surface area contributed by atoms with Crippen molar-refractivity contribution in [2.24, 2.45) is 11.8 Å². The highest BCUT2D eigenvalue weighted by molar-refractivity contribution is 7.16. The average molecular weight is 309 g/mol. The van der Waals surface area contributed by atoms with E-state index in [1.165, 1.54) is 12.8 Å². The van der Waals surface area contributed by atoms with Gasteiger partial charge in [-0.05, 0) is 57.5 Å². The molecular weight excluding hydrogens is 282 g/mol. The number of carbonyl (C=O) groups excluding carboxylic acids is 1. The van der Waals surface area contributed by atoms with Crippen LogP contribution in [0.15, 0.2) is 0 Å². The summed E-state index contributed by atoms with van der Waals surface area (Å²) in [6, 6.07) is 0. The van der Waals surface area contributed by atoms with Crippen molar-refractivity contribution in [3.05, 3.63) is 10.7 Å².